The molecule has 1 aromatic carbocycles. The third-order valence-electron chi connectivity index (χ3n) is 1.95. The lowest BCUT2D eigenvalue weighted by Crippen LogP contribution is -1.91. The van der Waals surface area contributed by atoms with Crippen molar-refractivity contribution >= 4 is 35.3 Å². The van der Waals surface area contributed by atoms with Crippen LogP contribution < -0.4 is 0 Å². The minimum atomic E-state index is -0.833. The van der Waals surface area contributed by atoms with Gasteiger partial charge in [0.25, 0.3) is 11.9 Å². The largest absolute Gasteiger partial charge is 0.508 e. The number of carboxylic acids is 2. The van der Waals surface area contributed by atoms with Gasteiger partial charge in [-0.15, -0.1) is 23.4 Å². The van der Waals surface area contributed by atoms with Crippen molar-refractivity contribution in [1.29, 1.82) is 0 Å². The number of benzene rings is 1. The average Bonchev–Trinajstić information content (AvgIpc) is 2.37. The lowest BCUT2D eigenvalue weighted by Gasteiger charge is -2.05. The summed E-state index contributed by atoms with van der Waals surface area (Å²) in [6.07, 6.45) is 1.97. The third kappa shape index (κ3) is 20.4. The molecule has 0 spiro atoms. The number of aromatic hydroxyl groups is 2. The van der Waals surface area contributed by atoms with E-state index in [-0.39, 0.29) is 16.9 Å². The molecule has 0 amide bonds. The summed E-state index contributed by atoms with van der Waals surface area (Å²) in [5.74, 6) is -0.369. The van der Waals surface area contributed by atoms with Crippen LogP contribution in [0.3, 0.4) is 0 Å². The first-order valence-corrected chi connectivity index (χ1v) is 8.16. The van der Waals surface area contributed by atoms with Gasteiger partial charge in [-0.2, -0.15) is 0 Å². The Hall–Kier alpha value is -1.60. The number of carboxylic acid groups (broad SMARTS) is 2. The number of aliphatic carboxylic acids is 2. The molecule has 0 fully saturated rings. The van der Waals surface area contributed by atoms with E-state index in [0.29, 0.717) is 0 Å². The normalized spacial score (nSPS) is 10.4. The Morgan fingerprint density at radius 1 is 1.17 bits per heavy atom. The fraction of sp³-hybridized carbons (Fsp3) is 0.467. The van der Waals surface area contributed by atoms with Crippen molar-refractivity contribution in [2.75, 3.05) is 5.75 Å². The van der Waals surface area contributed by atoms with Gasteiger partial charge in [0.1, 0.15) is 11.5 Å². The number of halogens is 1. The quantitative estimate of drug-likeness (QED) is 0.271. The minimum Gasteiger partial charge on any atom is -0.508 e. The highest BCUT2D eigenvalue weighted by atomic mass is 35.5. The Morgan fingerprint density at radius 3 is 2.09 bits per heavy atom. The molecular weight excluding hydrogens is 344 g/mol. The van der Waals surface area contributed by atoms with Crippen LogP contribution in [-0.2, 0) is 9.59 Å². The SMILES string of the molecule is CC(=O)O.CC(=O)O.CC(Cl)CCCSc1cc(O)ccc1O. The molecule has 132 valence electrons. The van der Waals surface area contributed by atoms with Crippen molar-refractivity contribution in [3.05, 3.63) is 18.2 Å². The highest BCUT2D eigenvalue weighted by Gasteiger charge is 2.03. The summed E-state index contributed by atoms with van der Waals surface area (Å²) in [6, 6.07) is 4.55. The third-order valence-corrected chi connectivity index (χ3v) is 3.30. The Morgan fingerprint density at radius 2 is 1.65 bits per heavy atom. The molecule has 0 aliphatic carbocycles. The predicted octanol–water partition coefficient (Wildman–Crippen LogP) is 3.78. The number of alkyl halides is 1. The van der Waals surface area contributed by atoms with E-state index in [2.05, 4.69) is 0 Å². The van der Waals surface area contributed by atoms with Crippen LogP contribution in [0.4, 0.5) is 0 Å². The van der Waals surface area contributed by atoms with Crippen molar-refractivity contribution in [3.8, 4) is 11.5 Å². The van der Waals surface area contributed by atoms with Crippen LogP contribution in [0.5, 0.6) is 11.5 Å². The van der Waals surface area contributed by atoms with Crippen LogP contribution in [0, 0.1) is 0 Å². The Balaban J connectivity index is 0. The molecule has 1 aromatic rings. The zero-order chi connectivity index (χ0) is 18.4. The maximum atomic E-state index is 9.49. The standard InChI is InChI=1S/C11H15ClO2S.2C2H4O2/c1-8(12)3-2-6-15-11-7-9(13)4-5-10(11)14;2*1-2(3)4/h4-5,7-8,13-14H,2-3,6H2,1H3;2*1H3,(H,3,4). The first-order chi connectivity index (χ1) is 10.6. The van der Waals surface area contributed by atoms with Gasteiger partial charge in [0.15, 0.2) is 0 Å². The van der Waals surface area contributed by atoms with Crippen molar-refractivity contribution in [1.82, 2.24) is 0 Å². The van der Waals surface area contributed by atoms with E-state index in [1.807, 2.05) is 6.92 Å². The van der Waals surface area contributed by atoms with Crippen molar-refractivity contribution in [2.24, 2.45) is 0 Å². The van der Waals surface area contributed by atoms with Crippen molar-refractivity contribution in [3.63, 3.8) is 0 Å². The van der Waals surface area contributed by atoms with E-state index in [1.165, 1.54) is 23.9 Å². The molecule has 0 aromatic heterocycles. The number of phenols is 2. The molecule has 0 aliphatic rings. The van der Waals surface area contributed by atoms with E-state index < -0.39 is 11.9 Å². The summed E-state index contributed by atoms with van der Waals surface area (Å²) < 4.78 is 0. The fourth-order valence-corrected chi connectivity index (χ4v) is 2.27. The molecule has 8 heteroatoms. The second-order valence-electron chi connectivity index (χ2n) is 4.46. The van der Waals surface area contributed by atoms with Gasteiger partial charge in [0.05, 0.1) is 4.90 Å². The first-order valence-electron chi connectivity index (χ1n) is 6.74. The Labute approximate surface area is 145 Å². The molecule has 4 N–H and O–H groups in total. The number of phenolic OH excluding ortho intramolecular Hbond substituents is 2. The summed E-state index contributed by atoms with van der Waals surface area (Å²) in [7, 11) is 0. The second-order valence-corrected chi connectivity index (χ2v) is 6.34. The summed E-state index contributed by atoms with van der Waals surface area (Å²) >= 11 is 7.35. The molecule has 1 atom stereocenters. The predicted molar refractivity (Wildman–Crippen MR) is 91.7 cm³/mol. The second kappa shape index (κ2) is 14.0. The summed E-state index contributed by atoms with van der Waals surface area (Å²) in [6.45, 7) is 4.14. The first kappa shape index (κ1) is 23.7. The van der Waals surface area contributed by atoms with Crippen molar-refractivity contribution in [2.45, 2.75) is 43.9 Å². The highest BCUT2D eigenvalue weighted by molar-refractivity contribution is 7.99. The number of rotatable bonds is 5. The van der Waals surface area contributed by atoms with Gasteiger partial charge >= 0.3 is 0 Å². The van der Waals surface area contributed by atoms with Gasteiger partial charge in [0, 0.05) is 19.2 Å². The lowest BCUT2D eigenvalue weighted by molar-refractivity contribution is -0.135. The van der Waals surface area contributed by atoms with E-state index in [9.17, 15) is 10.2 Å². The van der Waals surface area contributed by atoms with Gasteiger partial charge in [-0.1, -0.05) is 0 Å². The summed E-state index contributed by atoms with van der Waals surface area (Å²) in [4.78, 5) is 18.7. The van der Waals surface area contributed by atoms with Crippen LogP contribution in [0.2, 0.25) is 0 Å². The van der Waals surface area contributed by atoms with Crippen LogP contribution >= 0.6 is 23.4 Å². The highest BCUT2D eigenvalue weighted by Crippen LogP contribution is 2.32. The molecular formula is C15H23ClO6S. The van der Waals surface area contributed by atoms with E-state index in [0.717, 1.165) is 37.3 Å². The molecule has 0 heterocycles. The van der Waals surface area contributed by atoms with Crippen LogP contribution in [-0.4, -0.2) is 43.5 Å². The molecule has 0 bridgehead atoms. The molecule has 0 saturated carbocycles. The van der Waals surface area contributed by atoms with Gasteiger partial charge in [0.2, 0.25) is 0 Å². The van der Waals surface area contributed by atoms with E-state index in [4.69, 9.17) is 31.4 Å². The van der Waals surface area contributed by atoms with Crippen molar-refractivity contribution < 1.29 is 30.0 Å². The number of thioether (sulfide) groups is 1. The molecule has 23 heavy (non-hydrogen) atoms. The zero-order valence-electron chi connectivity index (χ0n) is 13.3. The Bertz CT molecular complexity index is 459. The average molecular weight is 367 g/mol. The van der Waals surface area contributed by atoms with Crippen LogP contribution in [0.1, 0.15) is 33.6 Å². The Kier molecular flexibility index (Phi) is 14.4. The molecule has 6 nitrogen and oxygen atoms in total. The molecule has 0 radical (unpaired) electrons. The van der Waals surface area contributed by atoms with Crippen LogP contribution in [0.15, 0.2) is 23.1 Å². The summed E-state index contributed by atoms with van der Waals surface area (Å²) in [5, 5.41) is 33.8. The van der Waals surface area contributed by atoms with Gasteiger partial charge in [-0.3, -0.25) is 9.59 Å². The van der Waals surface area contributed by atoms with Crippen LogP contribution in [0.25, 0.3) is 0 Å². The lowest BCUT2D eigenvalue weighted by atomic mass is 10.3. The molecule has 1 unspecified atom stereocenters. The minimum absolute atomic E-state index is 0.181. The van der Waals surface area contributed by atoms with E-state index in [1.54, 1.807) is 6.07 Å². The smallest absolute Gasteiger partial charge is 0.300 e. The number of hydrogen-bond acceptors (Lipinski definition) is 5. The maximum Gasteiger partial charge on any atom is 0.300 e. The van der Waals surface area contributed by atoms with Gasteiger partial charge < -0.3 is 20.4 Å². The topological polar surface area (TPSA) is 115 Å². The summed E-state index contributed by atoms with van der Waals surface area (Å²) in [5.41, 5.74) is 0. The molecule has 1 rings (SSSR count). The molecule has 0 saturated heterocycles. The monoisotopic (exact) mass is 366 g/mol. The maximum absolute atomic E-state index is 9.49. The number of carbonyl (C=O) groups is 2. The van der Waals surface area contributed by atoms with Gasteiger partial charge in [-0.05, 0) is 43.7 Å². The zero-order valence-corrected chi connectivity index (χ0v) is 14.9. The fourth-order valence-electron chi connectivity index (χ4n) is 1.17. The number of hydrogen-bond donors (Lipinski definition) is 4. The van der Waals surface area contributed by atoms with E-state index >= 15 is 0 Å². The molecule has 0 aliphatic heterocycles. The van der Waals surface area contributed by atoms with Gasteiger partial charge in [-0.25, -0.2) is 0 Å².